The molecule has 0 unspecified atom stereocenters. The second-order valence-corrected chi connectivity index (χ2v) is 7.02. The fourth-order valence-corrected chi connectivity index (χ4v) is 3.23. The van der Waals surface area contributed by atoms with Crippen LogP contribution in [0.5, 0.6) is 5.88 Å². The predicted octanol–water partition coefficient (Wildman–Crippen LogP) is 4.40. The molecule has 29 heavy (non-hydrogen) atoms. The largest absolute Gasteiger partial charge is 0.407 e. The Hall–Kier alpha value is -3.29. The van der Waals surface area contributed by atoms with Gasteiger partial charge in [0.25, 0.3) is 5.69 Å². The number of allylic oxidation sites excluding steroid dienone is 2. The lowest BCUT2D eigenvalue weighted by atomic mass is 9.90. The number of benzene rings is 1. The van der Waals surface area contributed by atoms with Gasteiger partial charge in [-0.2, -0.15) is 5.10 Å². The van der Waals surface area contributed by atoms with E-state index in [4.69, 9.17) is 4.74 Å². The molecule has 0 radical (unpaired) electrons. The second-order valence-electron chi connectivity index (χ2n) is 7.02. The fraction of sp³-hybridized carbons (Fsp3) is 0.381. The van der Waals surface area contributed by atoms with E-state index in [0.29, 0.717) is 28.9 Å². The van der Waals surface area contributed by atoms with Crippen LogP contribution in [0.2, 0.25) is 0 Å². The Morgan fingerprint density at radius 2 is 1.76 bits per heavy atom. The van der Waals surface area contributed by atoms with Gasteiger partial charge in [0.2, 0.25) is 11.7 Å². The summed E-state index contributed by atoms with van der Waals surface area (Å²) in [5.41, 5.74) is 3.43. The van der Waals surface area contributed by atoms with E-state index in [2.05, 4.69) is 5.10 Å². The summed E-state index contributed by atoms with van der Waals surface area (Å²) in [5, 5.41) is 15.8. The van der Waals surface area contributed by atoms with E-state index in [1.165, 1.54) is 23.7 Å². The monoisotopic (exact) mass is 399 g/mol. The molecule has 0 aliphatic rings. The Morgan fingerprint density at radius 3 is 2.24 bits per heavy atom. The van der Waals surface area contributed by atoms with Gasteiger partial charge in [0.05, 0.1) is 16.2 Å². The zero-order chi connectivity index (χ0) is 22.0. The molecule has 1 aromatic heterocycles. The van der Waals surface area contributed by atoms with E-state index in [-0.39, 0.29) is 17.1 Å². The standard InChI is InChI=1S/C21H25N3O5/c1-8-23-21(29-15(7)25)19(14(6)22-23)20(26)16-9-10-17(24(27)28)18(13(16)5)12(4)11(2)3/h9-10H,8H2,1-7H3. The van der Waals surface area contributed by atoms with Gasteiger partial charge in [0, 0.05) is 25.1 Å². The lowest BCUT2D eigenvalue weighted by Crippen LogP contribution is -2.13. The number of ketones is 1. The molecule has 8 heteroatoms. The summed E-state index contributed by atoms with van der Waals surface area (Å²) in [7, 11) is 0. The van der Waals surface area contributed by atoms with Crippen LogP contribution in [0.4, 0.5) is 5.69 Å². The third-order valence-corrected chi connectivity index (χ3v) is 4.86. The molecule has 0 amide bonds. The zero-order valence-corrected chi connectivity index (χ0v) is 17.7. The Labute approximate surface area is 169 Å². The number of carbonyl (C=O) groups is 2. The second kappa shape index (κ2) is 8.38. The highest BCUT2D eigenvalue weighted by Crippen LogP contribution is 2.35. The summed E-state index contributed by atoms with van der Waals surface area (Å²) in [6, 6.07) is 2.78. The number of nitro groups is 1. The average molecular weight is 399 g/mol. The Kier molecular flexibility index (Phi) is 6.36. The van der Waals surface area contributed by atoms with Crippen molar-refractivity contribution < 1.29 is 19.2 Å². The molecule has 1 heterocycles. The van der Waals surface area contributed by atoms with E-state index < -0.39 is 16.7 Å². The first-order chi connectivity index (χ1) is 13.5. The number of esters is 1. The molecule has 0 aliphatic carbocycles. The van der Waals surface area contributed by atoms with Crippen molar-refractivity contribution >= 4 is 23.0 Å². The smallest absolute Gasteiger partial charge is 0.309 e. The van der Waals surface area contributed by atoms with Crippen molar-refractivity contribution in [1.82, 2.24) is 9.78 Å². The van der Waals surface area contributed by atoms with E-state index in [9.17, 15) is 19.7 Å². The molecular weight excluding hydrogens is 374 g/mol. The van der Waals surface area contributed by atoms with Gasteiger partial charge in [0.1, 0.15) is 5.56 Å². The summed E-state index contributed by atoms with van der Waals surface area (Å²) in [6.45, 7) is 12.4. The van der Waals surface area contributed by atoms with Crippen LogP contribution < -0.4 is 4.74 Å². The summed E-state index contributed by atoms with van der Waals surface area (Å²) >= 11 is 0. The highest BCUT2D eigenvalue weighted by molar-refractivity contribution is 6.13. The lowest BCUT2D eigenvalue weighted by Gasteiger charge is -2.14. The van der Waals surface area contributed by atoms with Gasteiger partial charge in [-0.1, -0.05) is 5.57 Å². The van der Waals surface area contributed by atoms with Crippen LogP contribution in [0, 0.1) is 24.0 Å². The molecule has 1 aromatic carbocycles. The molecule has 154 valence electrons. The van der Waals surface area contributed by atoms with Gasteiger partial charge < -0.3 is 4.74 Å². The van der Waals surface area contributed by atoms with Crippen LogP contribution >= 0.6 is 0 Å². The van der Waals surface area contributed by atoms with Crippen molar-refractivity contribution in [1.29, 1.82) is 0 Å². The quantitative estimate of drug-likeness (QED) is 0.309. The fourth-order valence-electron chi connectivity index (χ4n) is 3.23. The van der Waals surface area contributed by atoms with Gasteiger partial charge in [-0.25, -0.2) is 4.68 Å². The maximum atomic E-state index is 13.4. The number of ether oxygens (including phenoxy) is 1. The Morgan fingerprint density at radius 1 is 1.14 bits per heavy atom. The maximum absolute atomic E-state index is 13.4. The van der Waals surface area contributed by atoms with Gasteiger partial charge in [-0.05, 0) is 58.7 Å². The van der Waals surface area contributed by atoms with E-state index >= 15 is 0 Å². The minimum atomic E-state index is -0.560. The number of rotatable bonds is 6. The van der Waals surface area contributed by atoms with Crippen LogP contribution in [0.25, 0.3) is 5.57 Å². The minimum Gasteiger partial charge on any atom is -0.407 e. The average Bonchev–Trinajstić information content (AvgIpc) is 2.94. The van der Waals surface area contributed by atoms with Crippen LogP contribution in [0.15, 0.2) is 17.7 Å². The molecule has 0 saturated carbocycles. The molecular formula is C21H25N3O5. The van der Waals surface area contributed by atoms with Crippen molar-refractivity contribution in [3.05, 3.63) is 55.8 Å². The number of nitrogens with zero attached hydrogens (tertiary/aromatic N) is 3. The first kappa shape index (κ1) is 22.0. The molecule has 0 atom stereocenters. The van der Waals surface area contributed by atoms with Crippen LogP contribution in [-0.2, 0) is 11.3 Å². The van der Waals surface area contributed by atoms with Crippen molar-refractivity contribution in [2.45, 2.75) is 55.0 Å². The van der Waals surface area contributed by atoms with Gasteiger partial charge in [0.15, 0.2) is 0 Å². The van der Waals surface area contributed by atoms with Gasteiger partial charge >= 0.3 is 5.97 Å². The normalized spacial score (nSPS) is 10.6. The van der Waals surface area contributed by atoms with E-state index in [0.717, 1.165) is 11.1 Å². The Bertz CT molecular complexity index is 1040. The number of aryl methyl sites for hydroxylation is 2. The van der Waals surface area contributed by atoms with E-state index in [1.54, 1.807) is 20.8 Å². The molecule has 0 saturated heterocycles. The molecule has 8 nitrogen and oxygen atoms in total. The molecule has 0 bridgehead atoms. The molecule has 0 spiro atoms. The van der Waals surface area contributed by atoms with Crippen molar-refractivity contribution in [2.24, 2.45) is 0 Å². The third kappa shape index (κ3) is 4.11. The first-order valence-electron chi connectivity index (χ1n) is 9.24. The highest BCUT2D eigenvalue weighted by atomic mass is 16.6. The number of hydrogen-bond acceptors (Lipinski definition) is 6. The van der Waals surface area contributed by atoms with Crippen molar-refractivity contribution in [3.8, 4) is 5.88 Å². The van der Waals surface area contributed by atoms with Crippen molar-refractivity contribution in [3.63, 3.8) is 0 Å². The molecule has 2 rings (SSSR count). The maximum Gasteiger partial charge on any atom is 0.309 e. The summed E-state index contributed by atoms with van der Waals surface area (Å²) in [4.78, 5) is 36.1. The van der Waals surface area contributed by atoms with Crippen LogP contribution in [0.3, 0.4) is 0 Å². The number of nitro benzene ring substituents is 1. The summed E-state index contributed by atoms with van der Waals surface area (Å²) in [6.07, 6.45) is 0. The van der Waals surface area contributed by atoms with Crippen LogP contribution in [0.1, 0.15) is 67.4 Å². The van der Waals surface area contributed by atoms with Gasteiger partial charge in [-0.15, -0.1) is 0 Å². The number of aromatic nitrogens is 2. The molecule has 0 fully saturated rings. The minimum absolute atomic E-state index is 0.0565. The predicted molar refractivity (Wildman–Crippen MR) is 109 cm³/mol. The summed E-state index contributed by atoms with van der Waals surface area (Å²) in [5.74, 6) is -0.871. The van der Waals surface area contributed by atoms with Gasteiger partial charge in [-0.3, -0.25) is 19.7 Å². The van der Waals surface area contributed by atoms with Crippen LogP contribution in [-0.4, -0.2) is 26.5 Å². The summed E-state index contributed by atoms with van der Waals surface area (Å²) < 4.78 is 6.72. The SMILES string of the molecule is CCn1nc(C)c(C(=O)c2ccc([N+](=O)[O-])c(C(C)=C(C)C)c2C)c1OC(C)=O. The first-order valence-corrected chi connectivity index (χ1v) is 9.24. The topological polar surface area (TPSA) is 104 Å². The molecule has 0 N–H and O–H groups in total. The number of carbonyl (C=O) groups excluding carboxylic acids is 2. The lowest BCUT2D eigenvalue weighted by molar-refractivity contribution is -0.385. The third-order valence-electron chi connectivity index (χ3n) is 4.86. The highest BCUT2D eigenvalue weighted by Gasteiger charge is 2.29. The van der Waals surface area contributed by atoms with Crippen molar-refractivity contribution in [2.75, 3.05) is 0 Å². The molecule has 2 aromatic rings. The number of hydrogen-bond donors (Lipinski definition) is 0. The Balaban J connectivity index is 2.77. The zero-order valence-electron chi connectivity index (χ0n) is 17.7. The molecule has 0 aliphatic heterocycles. The van der Waals surface area contributed by atoms with E-state index in [1.807, 2.05) is 20.8 Å².